The van der Waals surface area contributed by atoms with Gasteiger partial charge < -0.3 is 162 Å². The van der Waals surface area contributed by atoms with E-state index in [0.29, 0.717) is 17.7 Å². The molecule has 734 valence electrons. The lowest BCUT2D eigenvalue weighted by Crippen LogP contribution is -2.67. The predicted octanol–water partition coefficient (Wildman–Crippen LogP) is -6.07. The van der Waals surface area contributed by atoms with Crippen molar-refractivity contribution in [2.75, 3.05) is 33.4 Å². The monoisotopic (exact) mass is 1860 g/mol. The van der Waals surface area contributed by atoms with Crippen LogP contribution in [0.15, 0.2) is 60.3 Å². The average Bonchev–Trinajstić information content (AvgIpc) is 0.798. The molecule has 4 fully saturated rings. The number of rotatable bonds is 38. The van der Waals surface area contributed by atoms with E-state index in [1.54, 1.807) is 0 Å². The Labute approximate surface area is 755 Å². The fraction of sp³-hybridized carbons (Fsp3) is 0.671. The van der Waals surface area contributed by atoms with Gasteiger partial charge >= 0.3 is 17.9 Å². The molecule has 4 saturated heterocycles. The number of benzene rings is 2. The predicted molar refractivity (Wildman–Crippen MR) is 451 cm³/mol. The summed E-state index contributed by atoms with van der Waals surface area (Å²) in [4.78, 5) is 199. The molecule has 2 aromatic carbocycles. The minimum absolute atomic E-state index is 0.112. The van der Waals surface area contributed by atoms with Gasteiger partial charge in [-0.05, 0) is 82.9 Å². The number of nitrogens with one attached hydrogen (secondary N) is 9. The zero-order valence-electron chi connectivity index (χ0n) is 74.7. The number of hydrogen-bond donors (Lipinski definition) is 22. The Kier molecular flexibility index (Phi) is 44.6. The van der Waals surface area contributed by atoms with Crippen LogP contribution in [0.5, 0.6) is 11.5 Å². The number of hydrogen-bond acceptors (Lipinski definition) is 35. The Bertz CT molecular complexity index is 4150. The number of likely N-dealkylation sites (N-methyl/N-ethyl adjacent to an activating group) is 1. The van der Waals surface area contributed by atoms with Crippen LogP contribution in [0.25, 0.3) is 0 Å². The topological polar surface area (TPSA) is 702 Å². The van der Waals surface area contributed by atoms with Gasteiger partial charge in [-0.25, -0.2) is 4.79 Å². The summed E-state index contributed by atoms with van der Waals surface area (Å²) in [6, 6.07) is -6.46. The maximum Gasteiger partial charge on any atom is 0.329 e. The zero-order valence-corrected chi connectivity index (χ0v) is 74.7. The number of amides is 11. The van der Waals surface area contributed by atoms with Gasteiger partial charge in [0.2, 0.25) is 53.2 Å². The molecule has 0 aliphatic carbocycles. The third-order valence-electron chi connectivity index (χ3n) is 22.2. The fourth-order valence-electron chi connectivity index (χ4n) is 14.9. The Morgan fingerprint density at radius 3 is 1.76 bits per heavy atom. The molecular weight excluding hydrogens is 1730 g/mol. The highest BCUT2D eigenvalue weighted by Crippen LogP contribution is 2.32. The number of nitrogens with zero attached hydrogens (tertiary/aromatic N) is 1. The van der Waals surface area contributed by atoms with Crippen LogP contribution in [-0.2, 0) is 123 Å². The van der Waals surface area contributed by atoms with Gasteiger partial charge in [0.1, 0.15) is 133 Å². The largest absolute Gasteiger partial charge is 0.508 e. The van der Waals surface area contributed by atoms with Gasteiger partial charge in [-0.1, -0.05) is 108 Å². The molecule has 27 atom stereocenters. The highest BCUT2D eigenvalue weighted by molar-refractivity contribution is 6.03. The van der Waals surface area contributed by atoms with Crippen molar-refractivity contribution in [3.8, 4) is 11.5 Å². The van der Waals surface area contributed by atoms with E-state index in [4.69, 9.17) is 48.4 Å². The number of esters is 3. The van der Waals surface area contributed by atoms with E-state index < -0.39 is 306 Å². The van der Waals surface area contributed by atoms with E-state index in [9.17, 15) is 109 Å². The number of primary amides is 1. The number of phenols is 2. The molecule has 4 aliphatic heterocycles. The molecule has 46 nitrogen and oxygen atoms in total. The maximum absolute atomic E-state index is 15.5. The number of unbranched alkanes of at least 4 members (excludes halogenated alkanes) is 10. The van der Waals surface area contributed by atoms with Crippen molar-refractivity contribution in [1.82, 2.24) is 52.8 Å². The molecule has 4 aliphatic rings. The highest BCUT2D eigenvalue weighted by Gasteiger charge is 2.53. The van der Waals surface area contributed by atoms with Gasteiger partial charge in [-0.3, -0.25) is 62.3 Å². The van der Waals surface area contributed by atoms with Crippen LogP contribution in [0.3, 0.4) is 0 Å². The normalized spacial score (nSPS) is 29.5. The number of phenolic OH excluding ortho intramolecular Hbond substituents is 2. The summed E-state index contributed by atoms with van der Waals surface area (Å²) in [5, 5.41) is 155. The highest BCUT2D eigenvalue weighted by atomic mass is 16.7. The van der Waals surface area contributed by atoms with E-state index in [1.165, 1.54) is 55.5 Å². The molecule has 131 heavy (non-hydrogen) atoms. The molecule has 0 aromatic heterocycles. The number of allylic oxidation sites excluding steroid dienone is 1. The SMILES string of the molecule is CC=C1NC(=O)[C@@H](Cc2ccc(O)cc2)NC(=O)[C@@H]([C@@H](C)O)NC(=O)C(NC(=O)C(NC(=O)C(O)C(CCCCCCCCCCCCC)O[C@@H]2OC[C@@H](O)[C@@H](O[C@@H]3O[C@H](CO)[C@@H](O)[C@H](O)[C@H]3NC(C)=O)[C@@H]2O)C(C)O)C(C)OC(=O)[C@H](Cc2ccc(O)cc2)NC(=O)C(C(C)O[C@H]2O[C@H](COC(C)=O)[C@@H](OC(C)=O)[C@H](O)[C@@H]2O)N(C)C(=O)CNC(=O)[C@@H](CCC(N)=O)NC1=O. The first-order valence-electron chi connectivity index (χ1n) is 43.5. The molecule has 6 rings (SSSR count). The molecule has 23 N–H and O–H groups in total. The van der Waals surface area contributed by atoms with Crippen LogP contribution in [-0.4, -0.2) is 347 Å². The standard InChI is InChI=1S/C85H129N11O35/c1-11-13-14-15-16-17-18-19-20-21-22-23-56(128-84-71(113)72(55(105)38-124-84)131-83-64(88-44(7)100)68(110)66(108)57(37-97)129-83)67(109)81(121)94-62(41(4)99)78(118)95-63-42(5)125-82(122)54(35-48-26-30-50(104)31-27-48)92-80(120)65(43(6)126-85-70(112)69(111)73(127-46(9)102)58(130-85)39-123-45(8)101)96(10)60(107)36-87-74(114)52(32-33-59(86)106)90-75(115)51(12-2)89-76(116)53(34-47-24-28-49(103)29-25-47)91-77(117)61(40(3)98)93-79(63)119/h12,24-31,40-43,52-58,61-73,83-85,97-99,103-105,108-113H,11,13-23,32-39H2,1-10H3,(H2,86,106)(H,87,114)(H,88,100)(H,89,116)(H,90,115)(H,91,117)(H,92,120)(H,93,119)(H,94,121)(H,95,118)/t40-,41?,42?,43?,52-,53-,54+,55-,56?,57-,58-,61-,62?,63?,64-,65?,66-,67?,68-,69-,70+,71+,72-,73-,83+,84+,85+/m1/s1. The second-order valence-electron chi connectivity index (χ2n) is 32.8. The number of ether oxygens (including phenoxy) is 9. The quantitative estimate of drug-likeness (QED) is 0.0129. The number of carbonyl (C=O) groups excluding carboxylic acids is 14. The molecule has 46 heteroatoms. The zero-order chi connectivity index (χ0) is 97.4. The van der Waals surface area contributed by atoms with Gasteiger partial charge in [-0.2, -0.15) is 0 Å². The van der Waals surface area contributed by atoms with E-state index >= 15 is 19.2 Å². The van der Waals surface area contributed by atoms with E-state index in [2.05, 4.69) is 54.8 Å². The lowest BCUT2D eigenvalue weighted by atomic mass is 9.96. The number of aromatic hydroxyl groups is 2. The van der Waals surface area contributed by atoms with Crippen LogP contribution in [0.4, 0.5) is 0 Å². The molecule has 8 unspecified atom stereocenters. The molecule has 0 radical (unpaired) electrons. The molecule has 11 amide bonds. The molecule has 0 spiro atoms. The second-order valence-corrected chi connectivity index (χ2v) is 32.8. The van der Waals surface area contributed by atoms with Crippen LogP contribution >= 0.6 is 0 Å². The number of carbonyl (C=O) groups is 14. The summed E-state index contributed by atoms with van der Waals surface area (Å²) >= 11 is 0. The number of aliphatic hydroxyl groups excluding tert-OH is 10. The van der Waals surface area contributed by atoms with Crippen molar-refractivity contribution in [1.29, 1.82) is 0 Å². The Morgan fingerprint density at radius 1 is 0.634 bits per heavy atom. The van der Waals surface area contributed by atoms with Crippen molar-refractivity contribution < 1.29 is 171 Å². The Morgan fingerprint density at radius 2 is 1.21 bits per heavy atom. The molecule has 4 heterocycles. The van der Waals surface area contributed by atoms with Crippen molar-refractivity contribution in [2.45, 2.75) is 330 Å². The first kappa shape index (κ1) is 109. The van der Waals surface area contributed by atoms with E-state index in [1.807, 2.05) is 0 Å². The van der Waals surface area contributed by atoms with Crippen molar-refractivity contribution >= 4 is 82.9 Å². The first-order chi connectivity index (χ1) is 61.9. The average molecular weight is 1870 g/mol. The number of aliphatic hydroxyl groups is 10. The summed E-state index contributed by atoms with van der Waals surface area (Å²) in [5.41, 5.74) is 5.17. The fourth-order valence-corrected chi connectivity index (χ4v) is 14.9. The van der Waals surface area contributed by atoms with Crippen molar-refractivity contribution in [3.05, 3.63) is 71.4 Å². The summed E-state index contributed by atoms with van der Waals surface area (Å²) in [6.45, 7) is 6.99. The maximum atomic E-state index is 15.5. The lowest BCUT2D eigenvalue weighted by molar-refractivity contribution is -0.339. The number of cyclic esters (lactones) is 1. The van der Waals surface area contributed by atoms with Crippen molar-refractivity contribution in [3.63, 3.8) is 0 Å². The Hall–Kier alpha value is -10.3. The lowest BCUT2D eigenvalue weighted by Gasteiger charge is -2.46. The van der Waals surface area contributed by atoms with Crippen LogP contribution in [0, 0.1) is 0 Å². The van der Waals surface area contributed by atoms with Crippen LogP contribution < -0.4 is 53.6 Å². The summed E-state index contributed by atoms with van der Waals surface area (Å²) < 4.78 is 51.9. The Balaban J connectivity index is 1.46. The third-order valence-corrected chi connectivity index (χ3v) is 22.2. The van der Waals surface area contributed by atoms with Crippen LogP contribution in [0.2, 0.25) is 0 Å². The minimum atomic E-state index is -2.44. The molecule has 0 bridgehead atoms. The minimum Gasteiger partial charge on any atom is -0.508 e. The molecule has 0 saturated carbocycles. The van der Waals surface area contributed by atoms with Gasteiger partial charge in [0.05, 0.1) is 44.2 Å². The van der Waals surface area contributed by atoms with Gasteiger partial charge in [0.15, 0.2) is 31.1 Å². The van der Waals surface area contributed by atoms with Gasteiger partial charge in [-0.15, -0.1) is 0 Å². The summed E-state index contributed by atoms with van der Waals surface area (Å²) in [6.07, 6.45) is -28.7. The summed E-state index contributed by atoms with van der Waals surface area (Å²) in [7, 11) is 0.979. The van der Waals surface area contributed by atoms with E-state index in [0.717, 1.165) is 113 Å². The van der Waals surface area contributed by atoms with E-state index in [-0.39, 0.29) is 35.5 Å². The third kappa shape index (κ3) is 33.4. The van der Waals surface area contributed by atoms with Gasteiger partial charge in [0.25, 0.3) is 11.8 Å². The van der Waals surface area contributed by atoms with Gasteiger partial charge in [0, 0.05) is 47.1 Å². The molecular formula is C85H129N11O35. The second kappa shape index (κ2) is 53.4. The van der Waals surface area contributed by atoms with Crippen molar-refractivity contribution in [2.24, 2.45) is 5.73 Å². The van der Waals surface area contributed by atoms with Crippen LogP contribution in [0.1, 0.15) is 163 Å². The first-order valence-corrected chi connectivity index (χ1v) is 43.5. The summed E-state index contributed by atoms with van der Waals surface area (Å²) in [5.74, 6) is -18.0. The molecule has 2 aromatic rings. The smallest absolute Gasteiger partial charge is 0.329 e. The number of nitrogens with two attached hydrogens (primary N) is 1.